The maximum atomic E-state index is 12.1. The number of anilines is 2. The number of nitrogens with zero attached hydrogens (tertiary/aromatic N) is 1. The van der Waals surface area contributed by atoms with Gasteiger partial charge in [-0.25, -0.2) is 5.43 Å². The molecule has 3 rings (SSSR count). The fourth-order valence-corrected chi connectivity index (χ4v) is 2.69. The molecule has 0 bridgehead atoms. The van der Waals surface area contributed by atoms with Crippen molar-refractivity contribution in [3.8, 4) is 11.5 Å². The minimum atomic E-state index is -0.970. The standard InChI is InChI=1S/C20H19ClN4O5/c1-11-3-4-13(8-15(11)21)23-19(27)20(28)25-24-12(2)7-18(26)22-14-5-6-16-17(9-14)30-10-29-16/h3-6,8-9H,7,10H2,1-2H3,(H,22,26)(H,23,27)(H,25,28)/b24-12+. The van der Waals surface area contributed by atoms with Gasteiger partial charge in [-0.1, -0.05) is 17.7 Å². The molecule has 0 saturated heterocycles. The van der Waals surface area contributed by atoms with Gasteiger partial charge in [0.1, 0.15) is 0 Å². The summed E-state index contributed by atoms with van der Waals surface area (Å²) in [5.41, 5.74) is 4.20. The Hall–Kier alpha value is -3.59. The van der Waals surface area contributed by atoms with Crippen molar-refractivity contribution in [3.05, 3.63) is 47.0 Å². The highest BCUT2D eigenvalue weighted by Crippen LogP contribution is 2.34. The van der Waals surface area contributed by atoms with Crippen LogP contribution in [-0.2, 0) is 14.4 Å². The number of carbonyl (C=O) groups excluding carboxylic acids is 3. The first-order chi connectivity index (χ1) is 14.3. The molecule has 0 aliphatic carbocycles. The fraction of sp³-hybridized carbons (Fsp3) is 0.200. The summed E-state index contributed by atoms with van der Waals surface area (Å²) >= 11 is 5.99. The normalized spacial score (nSPS) is 12.3. The predicted molar refractivity (Wildman–Crippen MR) is 112 cm³/mol. The topological polar surface area (TPSA) is 118 Å². The second-order valence-corrected chi connectivity index (χ2v) is 6.91. The summed E-state index contributed by atoms with van der Waals surface area (Å²) in [6.07, 6.45) is -0.0795. The number of hydrogen-bond donors (Lipinski definition) is 3. The lowest BCUT2D eigenvalue weighted by Gasteiger charge is -2.07. The van der Waals surface area contributed by atoms with Crippen molar-refractivity contribution >= 4 is 46.4 Å². The number of aryl methyl sites for hydroxylation is 1. The zero-order chi connectivity index (χ0) is 21.7. The van der Waals surface area contributed by atoms with E-state index in [1.165, 1.54) is 6.07 Å². The van der Waals surface area contributed by atoms with Gasteiger partial charge >= 0.3 is 11.8 Å². The van der Waals surface area contributed by atoms with Crippen LogP contribution in [0.3, 0.4) is 0 Å². The predicted octanol–water partition coefficient (Wildman–Crippen LogP) is 2.84. The van der Waals surface area contributed by atoms with Crippen LogP contribution in [0.25, 0.3) is 0 Å². The quantitative estimate of drug-likeness (QED) is 0.383. The Kier molecular flexibility index (Phi) is 6.53. The highest BCUT2D eigenvalue weighted by atomic mass is 35.5. The summed E-state index contributed by atoms with van der Waals surface area (Å²) in [6, 6.07) is 9.91. The maximum absolute atomic E-state index is 12.1. The highest BCUT2D eigenvalue weighted by Gasteiger charge is 2.16. The fourth-order valence-electron chi connectivity index (χ4n) is 2.51. The Balaban J connectivity index is 1.48. The number of ether oxygens (including phenoxy) is 2. The van der Waals surface area contributed by atoms with Gasteiger partial charge in [0, 0.05) is 28.2 Å². The van der Waals surface area contributed by atoms with Crippen molar-refractivity contribution < 1.29 is 23.9 Å². The van der Waals surface area contributed by atoms with E-state index in [9.17, 15) is 14.4 Å². The highest BCUT2D eigenvalue weighted by molar-refractivity contribution is 6.40. The molecule has 0 aromatic heterocycles. The lowest BCUT2D eigenvalue weighted by molar-refractivity contribution is -0.136. The van der Waals surface area contributed by atoms with Gasteiger partial charge in [0.05, 0.1) is 6.42 Å². The molecule has 0 radical (unpaired) electrons. The van der Waals surface area contributed by atoms with Crippen LogP contribution in [0.15, 0.2) is 41.5 Å². The molecule has 1 heterocycles. The third-order valence-electron chi connectivity index (χ3n) is 4.06. The van der Waals surface area contributed by atoms with Crippen molar-refractivity contribution in [2.75, 3.05) is 17.4 Å². The van der Waals surface area contributed by atoms with E-state index in [2.05, 4.69) is 21.2 Å². The molecule has 0 spiro atoms. The SMILES string of the molecule is C/C(CC(=O)Nc1ccc2c(c1)OCO2)=N\NC(=O)C(=O)Nc1ccc(C)c(Cl)c1. The molecular weight excluding hydrogens is 412 g/mol. The van der Waals surface area contributed by atoms with Crippen LogP contribution >= 0.6 is 11.6 Å². The van der Waals surface area contributed by atoms with Crippen LogP contribution in [0.1, 0.15) is 18.9 Å². The zero-order valence-electron chi connectivity index (χ0n) is 16.2. The third kappa shape index (κ3) is 5.48. The molecule has 1 aliphatic heterocycles. The third-order valence-corrected chi connectivity index (χ3v) is 4.46. The van der Waals surface area contributed by atoms with Gasteiger partial charge in [0.15, 0.2) is 11.5 Å². The van der Waals surface area contributed by atoms with E-state index >= 15 is 0 Å². The van der Waals surface area contributed by atoms with Crippen LogP contribution in [0, 0.1) is 6.92 Å². The number of nitrogens with one attached hydrogen (secondary N) is 3. The van der Waals surface area contributed by atoms with Gasteiger partial charge < -0.3 is 20.1 Å². The van der Waals surface area contributed by atoms with E-state index < -0.39 is 11.8 Å². The van der Waals surface area contributed by atoms with E-state index in [0.717, 1.165) is 5.56 Å². The van der Waals surface area contributed by atoms with Crippen molar-refractivity contribution in [2.24, 2.45) is 5.10 Å². The van der Waals surface area contributed by atoms with E-state index in [1.807, 2.05) is 6.92 Å². The Morgan fingerprint density at radius 3 is 2.47 bits per heavy atom. The lowest BCUT2D eigenvalue weighted by atomic mass is 10.2. The number of hydrogen-bond acceptors (Lipinski definition) is 6. The second kappa shape index (κ2) is 9.27. The molecule has 3 N–H and O–H groups in total. The molecule has 3 amide bonds. The molecule has 0 saturated carbocycles. The molecule has 2 aromatic rings. The van der Waals surface area contributed by atoms with Crippen LogP contribution in [0.5, 0.6) is 11.5 Å². The summed E-state index contributed by atoms with van der Waals surface area (Å²) in [7, 11) is 0. The number of carbonyl (C=O) groups is 3. The Morgan fingerprint density at radius 1 is 1.00 bits per heavy atom. The van der Waals surface area contributed by atoms with Crippen LogP contribution in [0.2, 0.25) is 5.02 Å². The van der Waals surface area contributed by atoms with Gasteiger partial charge in [-0.2, -0.15) is 5.10 Å². The lowest BCUT2D eigenvalue weighted by Crippen LogP contribution is -2.33. The first-order valence-corrected chi connectivity index (χ1v) is 9.30. The van der Waals surface area contributed by atoms with Crippen molar-refractivity contribution in [1.82, 2.24) is 5.43 Å². The molecule has 156 valence electrons. The van der Waals surface area contributed by atoms with E-state index in [0.29, 0.717) is 33.6 Å². The van der Waals surface area contributed by atoms with Gasteiger partial charge in [-0.15, -0.1) is 0 Å². The molecule has 9 nitrogen and oxygen atoms in total. The molecule has 30 heavy (non-hydrogen) atoms. The van der Waals surface area contributed by atoms with Gasteiger partial charge in [0.2, 0.25) is 12.7 Å². The average Bonchev–Trinajstić information content (AvgIpc) is 3.16. The second-order valence-electron chi connectivity index (χ2n) is 6.50. The average molecular weight is 431 g/mol. The van der Waals surface area contributed by atoms with Crippen molar-refractivity contribution in [2.45, 2.75) is 20.3 Å². The molecule has 1 aliphatic rings. The molecule has 0 atom stereocenters. The summed E-state index contributed by atoms with van der Waals surface area (Å²) in [5.74, 6) is -1.06. The number of amides is 3. The Bertz CT molecular complexity index is 1040. The molecule has 10 heteroatoms. The minimum Gasteiger partial charge on any atom is -0.454 e. The summed E-state index contributed by atoms with van der Waals surface area (Å²) in [4.78, 5) is 36.0. The first-order valence-electron chi connectivity index (χ1n) is 8.92. The smallest absolute Gasteiger partial charge is 0.329 e. The first kappa shape index (κ1) is 21.1. The maximum Gasteiger partial charge on any atom is 0.329 e. The van der Waals surface area contributed by atoms with Gasteiger partial charge in [0.25, 0.3) is 0 Å². The van der Waals surface area contributed by atoms with E-state index in [4.69, 9.17) is 21.1 Å². The summed E-state index contributed by atoms with van der Waals surface area (Å²) < 4.78 is 10.5. The number of halogens is 1. The monoisotopic (exact) mass is 430 g/mol. The van der Waals surface area contributed by atoms with Crippen molar-refractivity contribution in [3.63, 3.8) is 0 Å². The van der Waals surface area contributed by atoms with Crippen LogP contribution in [0.4, 0.5) is 11.4 Å². The Labute approximate surface area is 177 Å². The van der Waals surface area contributed by atoms with E-state index in [1.54, 1.807) is 37.3 Å². The Morgan fingerprint density at radius 2 is 1.70 bits per heavy atom. The largest absolute Gasteiger partial charge is 0.454 e. The van der Waals surface area contributed by atoms with Gasteiger partial charge in [-0.3, -0.25) is 14.4 Å². The number of fused-ring (bicyclic) bond motifs is 1. The molecule has 2 aromatic carbocycles. The van der Waals surface area contributed by atoms with Crippen LogP contribution < -0.4 is 25.5 Å². The molecular formula is C20H19ClN4O5. The van der Waals surface area contributed by atoms with Gasteiger partial charge in [-0.05, 0) is 43.7 Å². The summed E-state index contributed by atoms with van der Waals surface area (Å²) in [5, 5.41) is 9.37. The minimum absolute atomic E-state index is 0.0795. The zero-order valence-corrected chi connectivity index (χ0v) is 17.0. The van der Waals surface area contributed by atoms with Crippen molar-refractivity contribution in [1.29, 1.82) is 0 Å². The number of rotatable bonds is 5. The number of hydrazone groups is 1. The van der Waals surface area contributed by atoms with Crippen LogP contribution in [-0.4, -0.2) is 30.2 Å². The summed E-state index contributed by atoms with van der Waals surface area (Å²) in [6.45, 7) is 3.51. The molecule has 0 fully saturated rings. The molecule has 0 unspecified atom stereocenters. The number of benzene rings is 2. The van der Waals surface area contributed by atoms with E-state index in [-0.39, 0.29) is 19.1 Å².